The van der Waals surface area contributed by atoms with Crippen LogP contribution in [-0.4, -0.2) is 38.0 Å². The lowest BCUT2D eigenvalue weighted by Crippen LogP contribution is -2.29. The fraction of sp³-hybridized carbons (Fsp3) is 0.400. The van der Waals surface area contributed by atoms with E-state index < -0.39 is 5.91 Å². The standard InChI is InChI=1S/C15H21N3O4/c1-11(19)17-12-4-6-13(7-5-12)18-15(21)10-14(20)16-8-3-9-22-2/h4-7H,3,8-10H2,1-2H3,(H,16,20)(H,17,19)(H,18,21). The van der Waals surface area contributed by atoms with Gasteiger partial charge in [0, 0.05) is 38.6 Å². The van der Waals surface area contributed by atoms with E-state index in [9.17, 15) is 14.4 Å². The number of ether oxygens (including phenoxy) is 1. The lowest BCUT2D eigenvalue weighted by Gasteiger charge is -2.07. The number of hydrogen-bond acceptors (Lipinski definition) is 4. The SMILES string of the molecule is COCCCNC(=O)CC(=O)Nc1ccc(NC(C)=O)cc1. The zero-order valence-electron chi connectivity index (χ0n) is 12.8. The van der Waals surface area contributed by atoms with Gasteiger partial charge in [-0.3, -0.25) is 14.4 Å². The molecule has 0 spiro atoms. The van der Waals surface area contributed by atoms with Crippen LogP contribution in [0.25, 0.3) is 0 Å². The molecule has 0 radical (unpaired) electrons. The second-order valence-electron chi connectivity index (χ2n) is 4.68. The number of nitrogens with one attached hydrogen (secondary N) is 3. The van der Waals surface area contributed by atoms with Gasteiger partial charge in [-0.05, 0) is 30.7 Å². The Hall–Kier alpha value is -2.41. The summed E-state index contributed by atoms with van der Waals surface area (Å²) in [5.41, 5.74) is 1.20. The Balaban J connectivity index is 2.35. The van der Waals surface area contributed by atoms with Crippen LogP contribution in [0.1, 0.15) is 19.8 Å². The number of carbonyl (C=O) groups is 3. The fourth-order valence-corrected chi connectivity index (χ4v) is 1.70. The highest BCUT2D eigenvalue weighted by Crippen LogP contribution is 2.13. The van der Waals surface area contributed by atoms with E-state index in [1.165, 1.54) is 6.92 Å². The molecular weight excluding hydrogens is 286 g/mol. The van der Waals surface area contributed by atoms with E-state index in [1.54, 1.807) is 31.4 Å². The largest absolute Gasteiger partial charge is 0.385 e. The molecule has 0 heterocycles. The molecule has 0 aliphatic rings. The number of benzene rings is 1. The second kappa shape index (κ2) is 9.51. The number of rotatable bonds is 8. The molecule has 0 saturated carbocycles. The van der Waals surface area contributed by atoms with Crippen molar-refractivity contribution in [1.29, 1.82) is 0 Å². The van der Waals surface area contributed by atoms with Crippen molar-refractivity contribution in [3.63, 3.8) is 0 Å². The van der Waals surface area contributed by atoms with Crippen LogP contribution in [0.15, 0.2) is 24.3 Å². The van der Waals surface area contributed by atoms with E-state index in [0.29, 0.717) is 30.9 Å². The molecule has 1 rings (SSSR count). The number of amides is 3. The van der Waals surface area contributed by atoms with E-state index in [0.717, 1.165) is 0 Å². The topological polar surface area (TPSA) is 96.5 Å². The molecule has 0 aliphatic carbocycles. The zero-order valence-corrected chi connectivity index (χ0v) is 12.8. The van der Waals surface area contributed by atoms with Crippen LogP contribution in [-0.2, 0) is 19.1 Å². The molecule has 1 aromatic carbocycles. The first-order valence-electron chi connectivity index (χ1n) is 6.94. The van der Waals surface area contributed by atoms with Gasteiger partial charge < -0.3 is 20.7 Å². The molecule has 0 aliphatic heterocycles. The maximum absolute atomic E-state index is 11.7. The van der Waals surface area contributed by atoms with Crippen LogP contribution >= 0.6 is 0 Å². The van der Waals surface area contributed by atoms with Gasteiger partial charge in [-0.15, -0.1) is 0 Å². The summed E-state index contributed by atoms with van der Waals surface area (Å²) in [6.07, 6.45) is 0.467. The Bertz CT molecular complexity index is 514. The molecule has 7 heteroatoms. The maximum Gasteiger partial charge on any atom is 0.233 e. The third-order valence-electron chi connectivity index (χ3n) is 2.66. The molecule has 0 bridgehead atoms. The highest BCUT2D eigenvalue weighted by atomic mass is 16.5. The summed E-state index contributed by atoms with van der Waals surface area (Å²) < 4.78 is 4.86. The Kier molecular flexibility index (Phi) is 7.63. The van der Waals surface area contributed by atoms with Crippen molar-refractivity contribution in [2.24, 2.45) is 0 Å². The molecule has 0 saturated heterocycles. The summed E-state index contributed by atoms with van der Waals surface area (Å²) in [6.45, 7) is 2.46. The predicted octanol–water partition coefficient (Wildman–Crippen LogP) is 1.13. The summed E-state index contributed by atoms with van der Waals surface area (Å²) in [5.74, 6) is -0.887. The van der Waals surface area contributed by atoms with Crippen LogP contribution < -0.4 is 16.0 Å². The van der Waals surface area contributed by atoms with Crippen molar-refractivity contribution in [1.82, 2.24) is 5.32 Å². The zero-order chi connectivity index (χ0) is 16.4. The maximum atomic E-state index is 11.7. The number of hydrogen-bond donors (Lipinski definition) is 3. The average Bonchev–Trinajstić information content (AvgIpc) is 2.45. The van der Waals surface area contributed by atoms with Gasteiger partial charge in [-0.2, -0.15) is 0 Å². The lowest BCUT2D eigenvalue weighted by molar-refractivity contribution is -0.126. The van der Waals surface area contributed by atoms with Crippen LogP contribution in [0.4, 0.5) is 11.4 Å². The average molecular weight is 307 g/mol. The van der Waals surface area contributed by atoms with Crippen molar-refractivity contribution < 1.29 is 19.1 Å². The summed E-state index contributed by atoms with van der Waals surface area (Å²) >= 11 is 0. The van der Waals surface area contributed by atoms with Crippen molar-refractivity contribution in [3.05, 3.63) is 24.3 Å². The van der Waals surface area contributed by atoms with Crippen LogP contribution in [0.3, 0.4) is 0 Å². The number of carbonyl (C=O) groups excluding carboxylic acids is 3. The summed E-state index contributed by atoms with van der Waals surface area (Å²) in [4.78, 5) is 34.1. The van der Waals surface area contributed by atoms with Crippen molar-refractivity contribution in [3.8, 4) is 0 Å². The van der Waals surface area contributed by atoms with Crippen molar-refractivity contribution in [2.75, 3.05) is 30.9 Å². The number of methoxy groups -OCH3 is 1. The van der Waals surface area contributed by atoms with E-state index in [1.807, 2.05) is 0 Å². The predicted molar refractivity (Wildman–Crippen MR) is 83.5 cm³/mol. The van der Waals surface area contributed by atoms with Crippen molar-refractivity contribution in [2.45, 2.75) is 19.8 Å². The van der Waals surface area contributed by atoms with Crippen LogP contribution in [0, 0.1) is 0 Å². The Labute approximate surface area is 129 Å². The highest BCUT2D eigenvalue weighted by Gasteiger charge is 2.09. The van der Waals surface area contributed by atoms with Gasteiger partial charge in [0.05, 0.1) is 0 Å². The fourth-order valence-electron chi connectivity index (χ4n) is 1.70. The minimum Gasteiger partial charge on any atom is -0.385 e. The number of anilines is 2. The molecule has 0 unspecified atom stereocenters. The van der Waals surface area contributed by atoms with Gasteiger partial charge in [-0.1, -0.05) is 0 Å². The van der Waals surface area contributed by atoms with Crippen molar-refractivity contribution >= 4 is 29.1 Å². The van der Waals surface area contributed by atoms with Crippen LogP contribution in [0.5, 0.6) is 0 Å². The van der Waals surface area contributed by atoms with Gasteiger partial charge >= 0.3 is 0 Å². The monoisotopic (exact) mass is 307 g/mol. The summed E-state index contributed by atoms with van der Waals surface area (Å²) in [7, 11) is 1.59. The van der Waals surface area contributed by atoms with Gasteiger partial charge in [0.25, 0.3) is 0 Å². The minimum absolute atomic E-state index is 0.165. The quantitative estimate of drug-likeness (QED) is 0.495. The van der Waals surface area contributed by atoms with E-state index in [-0.39, 0.29) is 18.2 Å². The van der Waals surface area contributed by atoms with Gasteiger partial charge in [0.15, 0.2) is 0 Å². The Morgan fingerprint density at radius 1 is 1.00 bits per heavy atom. The Morgan fingerprint density at radius 3 is 2.14 bits per heavy atom. The third-order valence-corrected chi connectivity index (χ3v) is 2.66. The summed E-state index contributed by atoms with van der Waals surface area (Å²) in [6, 6.07) is 6.64. The van der Waals surface area contributed by atoms with E-state index in [2.05, 4.69) is 16.0 Å². The molecule has 0 atom stereocenters. The van der Waals surface area contributed by atoms with Gasteiger partial charge in [-0.25, -0.2) is 0 Å². The van der Waals surface area contributed by atoms with Gasteiger partial charge in [0.1, 0.15) is 6.42 Å². The van der Waals surface area contributed by atoms with Gasteiger partial charge in [0.2, 0.25) is 17.7 Å². The smallest absolute Gasteiger partial charge is 0.233 e. The molecule has 3 N–H and O–H groups in total. The van der Waals surface area contributed by atoms with E-state index >= 15 is 0 Å². The first kappa shape index (κ1) is 17.6. The first-order valence-corrected chi connectivity index (χ1v) is 6.94. The molecule has 1 aromatic rings. The second-order valence-corrected chi connectivity index (χ2v) is 4.68. The normalized spacial score (nSPS) is 9.91. The molecule has 120 valence electrons. The molecule has 0 fully saturated rings. The molecular formula is C15H21N3O4. The molecule has 3 amide bonds. The Morgan fingerprint density at radius 2 is 1.59 bits per heavy atom. The summed E-state index contributed by atoms with van der Waals surface area (Å²) in [5, 5.41) is 7.88. The third kappa shape index (κ3) is 7.39. The minimum atomic E-state index is -0.392. The molecule has 0 aromatic heterocycles. The van der Waals surface area contributed by atoms with E-state index in [4.69, 9.17) is 4.74 Å². The molecule has 22 heavy (non-hydrogen) atoms. The molecule has 7 nitrogen and oxygen atoms in total. The highest BCUT2D eigenvalue weighted by molar-refractivity contribution is 6.03. The lowest BCUT2D eigenvalue weighted by atomic mass is 10.2. The first-order chi connectivity index (χ1) is 10.5. The van der Waals surface area contributed by atoms with Crippen LogP contribution in [0.2, 0.25) is 0 Å².